The summed E-state index contributed by atoms with van der Waals surface area (Å²) in [5.41, 5.74) is 1.23. The van der Waals surface area contributed by atoms with Crippen LogP contribution in [0.5, 0.6) is 5.75 Å². The molecule has 0 spiro atoms. The van der Waals surface area contributed by atoms with Gasteiger partial charge in [0.25, 0.3) is 11.8 Å². The zero-order chi connectivity index (χ0) is 24.8. The van der Waals surface area contributed by atoms with Crippen molar-refractivity contribution in [2.24, 2.45) is 0 Å². The number of hydrogen-bond donors (Lipinski definition) is 2. The van der Waals surface area contributed by atoms with E-state index in [4.69, 9.17) is 4.74 Å². The third-order valence-corrected chi connectivity index (χ3v) is 6.73. The van der Waals surface area contributed by atoms with Gasteiger partial charge in [-0.1, -0.05) is 58.4 Å². The van der Waals surface area contributed by atoms with E-state index in [-0.39, 0.29) is 17.5 Å². The van der Waals surface area contributed by atoms with Gasteiger partial charge in [0.15, 0.2) is 0 Å². The van der Waals surface area contributed by atoms with Crippen LogP contribution in [-0.4, -0.2) is 42.0 Å². The standard InChI is InChI=1S/C28H27BrN2O4/c1-35-24-13-7-20(8-14-24)19-25(30-26(32)21-5-3-2-4-6-21)27(33)31-17-15-28(34,16-18-31)22-9-11-23(29)12-10-22/h2-14,19,34H,15-18H2,1H3,(H,30,32)/b25-19-. The summed E-state index contributed by atoms with van der Waals surface area (Å²) in [6.07, 6.45) is 2.48. The van der Waals surface area contributed by atoms with Crippen molar-refractivity contribution in [3.63, 3.8) is 0 Å². The van der Waals surface area contributed by atoms with Crippen LogP contribution in [0.2, 0.25) is 0 Å². The molecule has 0 aliphatic carbocycles. The number of hydrogen-bond acceptors (Lipinski definition) is 4. The molecule has 1 aliphatic rings. The second-order valence-corrected chi connectivity index (χ2v) is 9.40. The van der Waals surface area contributed by atoms with Crippen LogP contribution in [0, 0.1) is 0 Å². The lowest BCUT2D eigenvalue weighted by molar-refractivity contribution is -0.131. The Hall–Kier alpha value is -3.42. The van der Waals surface area contributed by atoms with Crippen molar-refractivity contribution < 1.29 is 19.4 Å². The van der Waals surface area contributed by atoms with Gasteiger partial charge in [-0.05, 0) is 66.4 Å². The van der Waals surface area contributed by atoms with Crippen LogP contribution in [0.15, 0.2) is 89.0 Å². The molecule has 0 radical (unpaired) electrons. The van der Waals surface area contributed by atoms with Gasteiger partial charge in [0.1, 0.15) is 11.4 Å². The van der Waals surface area contributed by atoms with Crippen LogP contribution in [0.1, 0.15) is 34.3 Å². The lowest BCUT2D eigenvalue weighted by atomic mass is 9.84. The lowest BCUT2D eigenvalue weighted by Gasteiger charge is -2.38. The topological polar surface area (TPSA) is 78.9 Å². The average Bonchev–Trinajstić information content (AvgIpc) is 2.89. The minimum atomic E-state index is -0.995. The lowest BCUT2D eigenvalue weighted by Crippen LogP contribution is -2.47. The first-order chi connectivity index (χ1) is 16.9. The maximum Gasteiger partial charge on any atom is 0.270 e. The van der Waals surface area contributed by atoms with Gasteiger partial charge < -0.3 is 20.1 Å². The highest BCUT2D eigenvalue weighted by Crippen LogP contribution is 2.34. The van der Waals surface area contributed by atoms with Crippen LogP contribution in [-0.2, 0) is 10.4 Å². The Morgan fingerprint density at radius 1 is 0.971 bits per heavy atom. The Kier molecular flexibility index (Phi) is 7.68. The first kappa shape index (κ1) is 24.7. The highest BCUT2D eigenvalue weighted by molar-refractivity contribution is 9.10. The van der Waals surface area contributed by atoms with Gasteiger partial charge in [-0.3, -0.25) is 9.59 Å². The Labute approximate surface area is 213 Å². The molecule has 3 aromatic rings. The van der Waals surface area contributed by atoms with Crippen molar-refractivity contribution in [1.29, 1.82) is 0 Å². The molecule has 1 aliphatic heterocycles. The molecule has 0 saturated carbocycles. The van der Waals surface area contributed by atoms with Crippen LogP contribution in [0.3, 0.4) is 0 Å². The molecular formula is C28H27BrN2O4. The largest absolute Gasteiger partial charge is 0.497 e. The number of carbonyl (C=O) groups is 2. The van der Waals surface area contributed by atoms with Crippen LogP contribution in [0.4, 0.5) is 0 Å². The predicted molar refractivity (Wildman–Crippen MR) is 139 cm³/mol. The number of carbonyl (C=O) groups excluding carboxylic acids is 2. The van der Waals surface area contributed by atoms with Gasteiger partial charge >= 0.3 is 0 Å². The van der Waals surface area contributed by atoms with Crippen molar-refractivity contribution in [2.45, 2.75) is 18.4 Å². The molecule has 180 valence electrons. The van der Waals surface area contributed by atoms with Gasteiger partial charge in [-0.25, -0.2) is 0 Å². The van der Waals surface area contributed by atoms with Crippen molar-refractivity contribution >= 4 is 33.8 Å². The first-order valence-electron chi connectivity index (χ1n) is 11.4. The highest BCUT2D eigenvalue weighted by atomic mass is 79.9. The number of halogens is 1. The van der Waals surface area contributed by atoms with E-state index in [1.165, 1.54) is 0 Å². The first-order valence-corrected chi connectivity index (χ1v) is 12.2. The fourth-order valence-corrected chi connectivity index (χ4v) is 4.37. The molecule has 0 bridgehead atoms. The second-order valence-electron chi connectivity index (χ2n) is 8.48. The smallest absolute Gasteiger partial charge is 0.270 e. The number of benzene rings is 3. The third-order valence-electron chi connectivity index (χ3n) is 6.20. The van der Waals surface area contributed by atoms with E-state index in [1.54, 1.807) is 54.5 Å². The van der Waals surface area contributed by atoms with E-state index < -0.39 is 5.60 Å². The normalized spacial score (nSPS) is 15.4. The summed E-state index contributed by atoms with van der Waals surface area (Å²) in [6, 6.07) is 23.6. The molecule has 0 unspecified atom stereocenters. The summed E-state index contributed by atoms with van der Waals surface area (Å²) in [6.45, 7) is 0.735. The molecule has 1 saturated heterocycles. The molecule has 2 N–H and O–H groups in total. The molecule has 3 aromatic carbocycles. The number of likely N-dealkylation sites (tertiary alicyclic amines) is 1. The highest BCUT2D eigenvalue weighted by Gasteiger charge is 2.36. The molecule has 6 nitrogen and oxygen atoms in total. The average molecular weight is 535 g/mol. The van der Waals surface area contributed by atoms with Crippen LogP contribution in [0.25, 0.3) is 6.08 Å². The number of ether oxygens (including phenoxy) is 1. The number of methoxy groups -OCH3 is 1. The number of piperidine rings is 1. The molecule has 7 heteroatoms. The van der Waals surface area contributed by atoms with Crippen molar-refractivity contribution in [2.75, 3.05) is 20.2 Å². The van der Waals surface area contributed by atoms with Gasteiger partial charge in [0.05, 0.1) is 12.7 Å². The summed E-state index contributed by atoms with van der Waals surface area (Å²) < 4.78 is 6.15. The molecule has 1 heterocycles. The molecular weight excluding hydrogens is 508 g/mol. The second kappa shape index (κ2) is 10.9. The molecule has 4 rings (SSSR count). The fourth-order valence-electron chi connectivity index (χ4n) is 4.10. The number of rotatable bonds is 6. The maximum absolute atomic E-state index is 13.5. The van der Waals surface area contributed by atoms with Crippen molar-refractivity contribution in [3.8, 4) is 5.75 Å². The molecule has 1 fully saturated rings. The van der Waals surface area contributed by atoms with Gasteiger partial charge in [-0.15, -0.1) is 0 Å². The van der Waals surface area contributed by atoms with Gasteiger partial charge in [0, 0.05) is 23.1 Å². The Morgan fingerprint density at radius 2 is 1.60 bits per heavy atom. The van der Waals surface area contributed by atoms with Crippen LogP contribution < -0.4 is 10.1 Å². The SMILES string of the molecule is COc1ccc(/C=C(\NC(=O)c2ccccc2)C(=O)N2CCC(O)(c3ccc(Br)cc3)CC2)cc1. The van der Waals surface area contributed by atoms with Crippen LogP contribution >= 0.6 is 15.9 Å². The molecule has 35 heavy (non-hydrogen) atoms. The Morgan fingerprint density at radius 3 is 2.20 bits per heavy atom. The van der Waals surface area contributed by atoms with E-state index in [0.717, 1.165) is 15.6 Å². The van der Waals surface area contributed by atoms with Gasteiger partial charge in [0.2, 0.25) is 0 Å². The third kappa shape index (κ3) is 5.99. The number of nitrogens with one attached hydrogen (secondary N) is 1. The summed E-state index contributed by atoms with van der Waals surface area (Å²) in [5, 5.41) is 14.0. The quantitative estimate of drug-likeness (QED) is 0.447. The van der Waals surface area contributed by atoms with E-state index in [9.17, 15) is 14.7 Å². The summed E-state index contributed by atoms with van der Waals surface area (Å²) in [4.78, 5) is 28.1. The van der Waals surface area contributed by atoms with E-state index >= 15 is 0 Å². The summed E-state index contributed by atoms with van der Waals surface area (Å²) in [5.74, 6) is 0.0525. The van der Waals surface area contributed by atoms with Gasteiger partial charge in [-0.2, -0.15) is 0 Å². The Balaban J connectivity index is 1.54. The molecule has 2 amide bonds. The maximum atomic E-state index is 13.5. The zero-order valence-corrected chi connectivity index (χ0v) is 21.0. The van der Waals surface area contributed by atoms with Crippen molar-refractivity contribution in [1.82, 2.24) is 10.2 Å². The molecule has 0 aromatic heterocycles. The zero-order valence-electron chi connectivity index (χ0n) is 19.4. The fraction of sp³-hybridized carbons (Fsp3) is 0.214. The Bertz CT molecular complexity index is 1200. The number of aliphatic hydroxyl groups is 1. The summed E-state index contributed by atoms with van der Waals surface area (Å²) in [7, 11) is 1.59. The minimum Gasteiger partial charge on any atom is -0.497 e. The van der Waals surface area contributed by atoms with E-state index in [0.29, 0.717) is 37.2 Å². The summed E-state index contributed by atoms with van der Waals surface area (Å²) >= 11 is 3.42. The van der Waals surface area contributed by atoms with E-state index in [2.05, 4.69) is 21.2 Å². The monoisotopic (exact) mass is 534 g/mol. The van der Waals surface area contributed by atoms with E-state index in [1.807, 2.05) is 42.5 Å². The van der Waals surface area contributed by atoms with Crippen molar-refractivity contribution in [3.05, 3.63) is 106 Å². The predicted octanol–water partition coefficient (Wildman–Crippen LogP) is 4.74. The molecule has 0 atom stereocenters. The number of nitrogens with zero attached hydrogens (tertiary/aromatic N) is 1. The minimum absolute atomic E-state index is 0.179. The number of amides is 2.